The van der Waals surface area contributed by atoms with Crippen molar-refractivity contribution in [3.63, 3.8) is 0 Å². The third kappa shape index (κ3) is 7.33. The van der Waals surface area contributed by atoms with Crippen molar-refractivity contribution in [3.05, 3.63) is 0 Å². The summed E-state index contributed by atoms with van der Waals surface area (Å²) in [4.78, 5) is 11.4. The predicted molar refractivity (Wildman–Crippen MR) is 59.5 cm³/mol. The molecule has 90 valence electrons. The maximum Gasteiger partial charge on any atom is 0.225 e. The third-order valence-electron chi connectivity index (χ3n) is 2.12. The minimum absolute atomic E-state index is 0.0698. The van der Waals surface area contributed by atoms with Crippen molar-refractivity contribution < 1.29 is 14.6 Å². The van der Waals surface area contributed by atoms with Crippen molar-refractivity contribution in [1.29, 1.82) is 0 Å². The SMILES string of the molecule is COCC(C)C(=O)NCC(O)CC(C)C. The van der Waals surface area contributed by atoms with Crippen LogP contribution >= 0.6 is 0 Å². The summed E-state index contributed by atoms with van der Waals surface area (Å²) < 4.78 is 4.87. The second-order valence-corrected chi connectivity index (χ2v) is 4.38. The predicted octanol–water partition coefficient (Wildman–Crippen LogP) is 0.792. The molecule has 0 saturated carbocycles. The van der Waals surface area contributed by atoms with Crippen LogP contribution < -0.4 is 5.32 Å². The van der Waals surface area contributed by atoms with E-state index < -0.39 is 6.10 Å². The molecule has 0 saturated heterocycles. The standard InChI is InChI=1S/C11H23NO3/c1-8(2)5-10(13)6-12-11(14)9(3)7-15-4/h8-10,13H,5-7H2,1-4H3,(H,12,14). The largest absolute Gasteiger partial charge is 0.391 e. The van der Waals surface area contributed by atoms with E-state index in [-0.39, 0.29) is 11.8 Å². The Bertz CT molecular complexity index is 183. The maximum atomic E-state index is 11.4. The fourth-order valence-electron chi connectivity index (χ4n) is 1.35. The molecule has 15 heavy (non-hydrogen) atoms. The van der Waals surface area contributed by atoms with Crippen LogP contribution in [0.1, 0.15) is 27.2 Å². The lowest BCUT2D eigenvalue weighted by Gasteiger charge is -2.16. The molecule has 2 atom stereocenters. The van der Waals surface area contributed by atoms with E-state index in [9.17, 15) is 9.90 Å². The molecule has 0 heterocycles. The molecule has 0 spiro atoms. The van der Waals surface area contributed by atoms with Gasteiger partial charge in [-0.25, -0.2) is 0 Å². The summed E-state index contributed by atoms with van der Waals surface area (Å²) in [6.07, 6.45) is 0.252. The van der Waals surface area contributed by atoms with Crippen molar-refractivity contribution in [3.8, 4) is 0 Å². The molecule has 0 rings (SSSR count). The van der Waals surface area contributed by atoms with Crippen molar-refractivity contribution >= 4 is 5.91 Å². The van der Waals surface area contributed by atoms with Crippen molar-refractivity contribution in [2.45, 2.75) is 33.3 Å². The van der Waals surface area contributed by atoms with Crippen LogP contribution in [0.25, 0.3) is 0 Å². The van der Waals surface area contributed by atoms with E-state index in [0.717, 1.165) is 0 Å². The van der Waals surface area contributed by atoms with Crippen LogP contribution in [0.5, 0.6) is 0 Å². The Labute approximate surface area is 92.0 Å². The van der Waals surface area contributed by atoms with E-state index in [1.54, 1.807) is 14.0 Å². The molecule has 0 radical (unpaired) electrons. The minimum atomic E-state index is -0.455. The summed E-state index contributed by atoms with van der Waals surface area (Å²) in [5, 5.41) is 12.2. The zero-order valence-corrected chi connectivity index (χ0v) is 10.1. The average Bonchev–Trinajstić information content (AvgIpc) is 2.13. The van der Waals surface area contributed by atoms with Gasteiger partial charge in [0.15, 0.2) is 0 Å². The number of rotatable bonds is 7. The number of ether oxygens (including phenoxy) is 1. The third-order valence-corrected chi connectivity index (χ3v) is 2.12. The number of amides is 1. The van der Waals surface area contributed by atoms with Gasteiger partial charge < -0.3 is 15.2 Å². The number of nitrogens with one attached hydrogen (secondary N) is 1. The fraction of sp³-hybridized carbons (Fsp3) is 0.909. The molecular weight excluding hydrogens is 194 g/mol. The Morgan fingerprint density at radius 3 is 2.47 bits per heavy atom. The van der Waals surface area contributed by atoms with Gasteiger partial charge in [0.05, 0.1) is 18.6 Å². The van der Waals surface area contributed by atoms with Gasteiger partial charge in [-0.3, -0.25) is 4.79 Å². The molecule has 0 bridgehead atoms. The second-order valence-electron chi connectivity index (χ2n) is 4.38. The van der Waals surface area contributed by atoms with Crippen LogP contribution in [0.4, 0.5) is 0 Å². The van der Waals surface area contributed by atoms with Crippen LogP contribution in [0.15, 0.2) is 0 Å². The lowest BCUT2D eigenvalue weighted by atomic mass is 10.1. The first-order chi connectivity index (χ1) is 6.97. The number of hydrogen-bond acceptors (Lipinski definition) is 3. The highest BCUT2D eigenvalue weighted by Crippen LogP contribution is 2.03. The summed E-state index contributed by atoms with van der Waals surface area (Å²) in [5.74, 6) is 0.203. The van der Waals surface area contributed by atoms with E-state index in [1.165, 1.54) is 0 Å². The van der Waals surface area contributed by atoms with Gasteiger partial charge in [0.1, 0.15) is 0 Å². The lowest BCUT2D eigenvalue weighted by molar-refractivity contribution is -0.126. The number of aliphatic hydroxyl groups excluding tert-OH is 1. The van der Waals surface area contributed by atoms with E-state index in [0.29, 0.717) is 25.5 Å². The topological polar surface area (TPSA) is 58.6 Å². The Morgan fingerprint density at radius 2 is 2.00 bits per heavy atom. The second kappa shape index (κ2) is 7.65. The van der Waals surface area contributed by atoms with Crippen LogP contribution in [-0.2, 0) is 9.53 Å². The van der Waals surface area contributed by atoms with Crippen molar-refractivity contribution in [2.75, 3.05) is 20.3 Å². The zero-order chi connectivity index (χ0) is 11.8. The van der Waals surface area contributed by atoms with Gasteiger partial charge in [0.2, 0.25) is 5.91 Å². The molecule has 0 aromatic rings. The van der Waals surface area contributed by atoms with Crippen LogP contribution in [-0.4, -0.2) is 37.4 Å². The average molecular weight is 217 g/mol. The Kier molecular flexibility index (Phi) is 7.34. The van der Waals surface area contributed by atoms with Crippen LogP contribution in [0, 0.1) is 11.8 Å². The molecule has 0 fully saturated rings. The van der Waals surface area contributed by atoms with Crippen molar-refractivity contribution in [2.24, 2.45) is 11.8 Å². The summed E-state index contributed by atoms with van der Waals surface area (Å²) >= 11 is 0. The first-order valence-corrected chi connectivity index (χ1v) is 5.42. The van der Waals surface area contributed by atoms with Gasteiger partial charge >= 0.3 is 0 Å². The monoisotopic (exact) mass is 217 g/mol. The number of methoxy groups -OCH3 is 1. The highest BCUT2D eigenvalue weighted by molar-refractivity contribution is 5.78. The Balaban J connectivity index is 3.70. The molecule has 0 aromatic carbocycles. The highest BCUT2D eigenvalue weighted by atomic mass is 16.5. The van der Waals surface area contributed by atoms with E-state index >= 15 is 0 Å². The number of hydrogen-bond donors (Lipinski definition) is 2. The number of carbonyl (C=O) groups is 1. The van der Waals surface area contributed by atoms with Gasteiger partial charge in [-0.15, -0.1) is 0 Å². The van der Waals surface area contributed by atoms with Crippen molar-refractivity contribution in [1.82, 2.24) is 5.32 Å². The van der Waals surface area contributed by atoms with E-state index in [4.69, 9.17) is 4.74 Å². The fourth-order valence-corrected chi connectivity index (χ4v) is 1.35. The summed E-state index contributed by atoms with van der Waals surface area (Å²) in [6, 6.07) is 0. The van der Waals surface area contributed by atoms with Crippen LogP contribution in [0.2, 0.25) is 0 Å². The molecule has 4 nitrogen and oxygen atoms in total. The highest BCUT2D eigenvalue weighted by Gasteiger charge is 2.14. The number of carbonyl (C=O) groups excluding carboxylic acids is 1. The van der Waals surface area contributed by atoms with Gasteiger partial charge in [-0.05, 0) is 12.3 Å². The molecule has 0 aliphatic carbocycles. The molecular formula is C11H23NO3. The smallest absolute Gasteiger partial charge is 0.225 e. The van der Waals surface area contributed by atoms with Gasteiger partial charge in [-0.1, -0.05) is 20.8 Å². The number of aliphatic hydroxyl groups is 1. The summed E-state index contributed by atoms with van der Waals surface area (Å²) in [5.41, 5.74) is 0. The van der Waals surface area contributed by atoms with Gasteiger partial charge in [0, 0.05) is 13.7 Å². The summed E-state index contributed by atoms with van der Waals surface area (Å²) in [7, 11) is 1.57. The molecule has 4 heteroatoms. The van der Waals surface area contributed by atoms with E-state index in [1.807, 2.05) is 13.8 Å². The van der Waals surface area contributed by atoms with Gasteiger partial charge in [0.25, 0.3) is 0 Å². The maximum absolute atomic E-state index is 11.4. The first-order valence-electron chi connectivity index (χ1n) is 5.42. The van der Waals surface area contributed by atoms with Gasteiger partial charge in [-0.2, -0.15) is 0 Å². The summed E-state index contributed by atoms with van der Waals surface area (Å²) in [6.45, 7) is 6.61. The van der Waals surface area contributed by atoms with Crippen LogP contribution in [0.3, 0.4) is 0 Å². The quantitative estimate of drug-likeness (QED) is 0.663. The first kappa shape index (κ1) is 14.4. The molecule has 2 N–H and O–H groups in total. The van der Waals surface area contributed by atoms with E-state index in [2.05, 4.69) is 5.32 Å². The zero-order valence-electron chi connectivity index (χ0n) is 10.1. The normalized spacial score (nSPS) is 15.1. The Morgan fingerprint density at radius 1 is 1.40 bits per heavy atom. The lowest BCUT2D eigenvalue weighted by Crippen LogP contribution is -2.37. The molecule has 0 aliphatic rings. The minimum Gasteiger partial charge on any atom is -0.391 e. The molecule has 0 aromatic heterocycles. The molecule has 0 aliphatic heterocycles. The molecule has 2 unspecified atom stereocenters. The molecule has 1 amide bonds. The Hall–Kier alpha value is -0.610.